The molecule has 1 heterocycles. The highest BCUT2D eigenvalue weighted by molar-refractivity contribution is 4.78. The van der Waals surface area contributed by atoms with Crippen LogP contribution in [0, 0.1) is 13.1 Å². The molecule has 0 unspecified atom stereocenters. The topological polar surface area (TPSA) is 26.0 Å². The van der Waals surface area contributed by atoms with Crippen molar-refractivity contribution in [2.45, 2.75) is 6.92 Å². The summed E-state index contributed by atoms with van der Waals surface area (Å²) in [5.41, 5.74) is 0. The molecule has 0 N–H and O–H groups in total. The third-order valence-electron chi connectivity index (χ3n) is 0.504. The highest BCUT2D eigenvalue weighted by Crippen LogP contribution is 1.87. The number of rotatable bonds is 0. The molecule has 0 spiro atoms. The summed E-state index contributed by atoms with van der Waals surface area (Å²) >= 11 is 0. The average molecular weight is 82.1 g/mol. The van der Waals surface area contributed by atoms with Crippen LogP contribution in [0.15, 0.2) is 10.8 Å². The van der Waals surface area contributed by atoms with Gasteiger partial charge in [-0.3, -0.25) is 0 Å². The van der Waals surface area contributed by atoms with Crippen LogP contribution in [0.3, 0.4) is 0 Å². The largest absolute Gasteiger partial charge is 0.448 e. The molecule has 1 aromatic rings. The number of oxazole rings is 1. The Kier molecular flexibility index (Phi) is 0.638. The van der Waals surface area contributed by atoms with Crippen LogP contribution < -0.4 is 0 Å². The van der Waals surface area contributed by atoms with E-state index in [1.165, 1.54) is 6.39 Å². The SMILES string of the molecule is Cc1[c]nco1. The Morgan fingerprint density at radius 1 is 2.00 bits per heavy atom. The number of aryl methyl sites for hydroxylation is 1. The number of hydrogen-bond acceptors (Lipinski definition) is 2. The molecule has 0 aromatic carbocycles. The van der Waals surface area contributed by atoms with E-state index in [0.29, 0.717) is 0 Å². The quantitative estimate of drug-likeness (QED) is 0.462. The summed E-state index contributed by atoms with van der Waals surface area (Å²) in [6, 6.07) is 0. The number of aromatic nitrogens is 1. The molecule has 0 atom stereocenters. The molecule has 0 fully saturated rings. The molecule has 2 heteroatoms. The van der Waals surface area contributed by atoms with E-state index >= 15 is 0 Å². The second kappa shape index (κ2) is 1.12. The summed E-state index contributed by atoms with van der Waals surface area (Å²) in [7, 11) is 0. The first-order chi connectivity index (χ1) is 2.89. The van der Waals surface area contributed by atoms with Gasteiger partial charge in [-0.2, -0.15) is 0 Å². The van der Waals surface area contributed by atoms with Gasteiger partial charge in [0.05, 0.1) is 0 Å². The lowest BCUT2D eigenvalue weighted by molar-refractivity contribution is 0.526. The fourth-order valence-electron chi connectivity index (χ4n) is 0.249. The molecule has 6 heavy (non-hydrogen) atoms. The molecular formula is C4H4NO. The zero-order valence-electron chi connectivity index (χ0n) is 3.43. The first kappa shape index (κ1) is 3.40. The molecule has 0 bridgehead atoms. The van der Waals surface area contributed by atoms with Crippen molar-refractivity contribution in [2.75, 3.05) is 0 Å². The van der Waals surface area contributed by atoms with Crippen LogP contribution in [0.5, 0.6) is 0 Å². The van der Waals surface area contributed by atoms with Crippen molar-refractivity contribution in [3.8, 4) is 0 Å². The predicted octanol–water partition coefficient (Wildman–Crippen LogP) is 0.783. The van der Waals surface area contributed by atoms with E-state index in [9.17, 15) is 0 Å². The van der Waals surface area contributed by atoms with Crippen molar-refractivity contribution < 1.29 is 4.42 Å². The minimum Gasteiger partial charge on any atom is -0.448 e. The number of nitrogens with zero attached hydrogens (tertiary/aromatic N) is 1. The maximum atomic E-state index is 4.67. The minimum absolute atomic E-state index is 0.731. The maximum absolute atomic E-state index is 4.67. The van der Waals surface area contributed by atoms with Crippen LogP contribution in [0.25, 0.3) is 0 Å². The van der Waals surface area contributed by atoms with Crippen molar-refractivity contribution in [1.82, 2.24) is 4.98 Å². The van der Waals surface area contributed by atoms with E-state index in [-0.39, 0.29) is 0 Å². The minimum atomic E-state index is 0.731. The van der Waals surface area contributed by atoms with Crippen LogP contribution in [-0.4, -0.2) is 4.98 Å². The Morgan fingerprint density at radius 3 is 3.00 bits per heavy atom. The zero-order valence-corrected chi connectivity index (χ0v) is 3.43. The van der Waals surface area contributed by atoms with Crippen LogP contribution in [0.1, 0.15) is 5.76 Å². The smallest absolute Gasteiger partial charge is 0.181 e. The monoisotopic (exact) mass is 82.0 g/mol. The van der Waals surface area contributed by atoms with Gasteiger partial charge in [0, 0.05) is 0 Å². The van der Waals surface area contributed by atoms with Crippen molar-refractivity contribution in [3.63, 3.8) is 0 Å². The highest BCUT2D eigenvalue weighted by atomic mass is 16.3. The Bertz CT molecular complexity index is 111. The van der Waals surface area contributed by atoms with Gasteiger partial charge in [-0.15, -0.1) is 0 Å². The normalized spacial score (nSPS) is 8.83. The van der Waals surface area contributed by atoms with E-state index in [1.54, 1.807) is 6.92 Å². The average Bonchev–Trinajstić information content (AvgIpc) is 1.86. The molecule has 0 saturated carbocycles. The summed E-state index contributed by atoms with van der Waals surface area (Å²) in [6.45, 7) is 1.80. The molecule has 0 aliphatic rings. The van der Waals surface area contributed by atoms with Crippen LogP contribution in [0.4, 0.5) is 0 Å². The molecular weight excluding hydrogens is 78.0 g/mol. The lowest BCUT2D eigenvalue weighted by atomic mass is 10.6. The first-order valence-corrected chi connectivity index (χ1v) is 1.67. The molecule has 1 rings (SSSR count). The molecule has 1 radical (unpaired) electrons. The van der Waals surface area contributed by atoms with Gasteiger partial charge in [-0.25, -0.2) is 4.98 Å². The summed E-state index contributed by atoms with van der Waals surface area (Å²) in [5.74, 6) is 0.731. The van der Waals surface area contributed by atoms with Gasteiger partial charge < -0.3 is 4.42 Å². The molecule has 1 aromatic heterocycles. The molecule has 0 amide bonds. The molecule has 31 valence electrons. The van der Waals surface area contributed by atoms with Crippen molar-refractivity contribution in [3.05, 3.63) is 18.4 Å². The van der Waals surface area contributed by atoms with E-state index in [2.05, 4.69) is 15.6 Å². The Balaban J connectivity index is 3.05. The summed E-state index contributed by atoms with van der Waals surface area (Å²) in [5, 5.41) is 0. The van der Waals surface area contributed by atoms with Gasteiger partial charge in [0.1, 0.15) is 12.0 Å². The zero-order chi connectivity index (χ0) is 4.41. The Labute approximate surface area is 35.8 Å². The third kappa shape index (κ3) is 0.407. The predicted molar refractivity (Wildman–Crippen MR) is 20.1 cm³/mol. The fourth-order valence-corrected chi connectivity index (χ4v) is 0.249. The van der Waals surface area contributed by atoms with Gasteiger partial charge in [-0.1, -0.05) is 0 Å². The van der Waals surface area contributed by atoms with Crippen molar-refractivity contribution in [2.24, 2.45) is 0 Å². The first-order valence-electron chi connectivity index (χ1n) is 1.67. The van der Waals surface area contributed by atoms with Gasteiger partial charge >= 0.3 is 0 Å². The summed E-state index contributed by atoms with van der Waals surface area (Å²) in [6.07, 6.45) is 3.94. The molecule has 0 saturated heterocycles. The van der Waals surface area contributed by atoms with Gasteiger partial charge in [0.2, 0.25) is 0 Å². The highest BCUT2D eigenvalue weighted by Gasteiger charge is 1.79. The summed E-state index contributed by atoms with van der Waals surface area (Å²) < 4.78 is 4.67. The van der Waals surface area contributed by atoms with Gasteiger partial charge in [0.15, 0.2) is 6.39 Å². The summed E-state index contributed by atoms with van der Waals surface area (Å²) in [4.78, 5) is 3.53. The Hall–Kier alpha value is -0.790. The van der Waals surface area contributed by atoms with Gasteiger partial charge in [0.25, 0.3) is 0 Å². The second-order valence-corrected chi connectivity index (χ2v) is 1.02. The molecule has 0 aliphatic heterocycles. The van der Waals surface area contributed by atoms with E-state index in [4.69, 9.17) is 0 Å². The van der Waals surface area contributed by atoms with Gasteiger partial charge in [-0.05, 0) is 6.92 Å². The standard InChI is InChI=1S/C4H4NO/c1-4-2-5-3-6-4/h3H,1H3. The fraction of sp³-hybridized carbons (Fsp3) is 0.250. The molecule has 2 nitrogen and oxygen atoms in total. The lowest BCUT2D eigenvalue weighted by Crippen LogP contribution is -1.52. The van der Waals surface area contributed by atoms with E-state index in [1.807, 2.05) is 0 Å². The van der Waals surface area contributed by atoms with Crippen molar-refractivity contribution >= 4 is 0 Å². The lowest BCUT2D eigenvalue weighted by Gasteiger charge is -1.65. The molecule has 0 aliphatic carbocycles. The Morgan fingerprint density at radius 2 is 2.83 bits per heavy atom. The van der Waals surface area contributed by atoms with Crippen LogP contribution in [0.2, 0.25) is 0 Å². The number of hydrogen-bond donors (Lipinski definition) is 0. The third-order valence-corrected chi connectivity index (χ3v) is 0.504. The van der Waals surface area contributed by atoms with Crippen molar-refractivity contribution in [1.29, 1.82) is 0 Å². The van der Waals surface area contributed by atoms with Crippen LogP contribution in [-0.2, 0) is 0 Å². The van der Waals surface area contributed by atoms with E-state index < -0.39 is 0 Å². The van der Waals surface area contributed by atoms with Crippen LogP contribution >= 0.6 is 0 Å². The van der Waals surface area contributed by atoms with E-state index in [0.717, 1.165) is 5.76 Å². The second-order valence-electron chi connectivity index (χ2n) is 1.02. The maximum Gasteiger partial charge on any atom is 0.181 e.